The van der Waals surface area contributed by atoms with Gasteiger partial charge in [0, 0.05) is 12.3 Å². The fourth-order valence-electron chi connectivity index (χ4n) is 3.55. The van der Waals surface area contributed by atoms with E-state index >= 15 is 0 Å². The Balaban J connectivity index is 2.23. The Morgan fingerprint density at radius 1 is 1.68 bits per heavy atom. The molecule has 1 heterocycles. The molecule has 6 heteroatoms. The zero-order valence-electron chi connectivity index (χ0n) is 12.7. The molecule has 1 aliphatic carbocycles. The summed E-state index contributed by atoms with van der Waals surface area (Å²) in [4.78, 5) is 23.1. The maximum absolute atomic E-state index is 12.2. The summed E-state index contributed by atoms with van der Waals surface area (Å²) in [7, 11) is 0. The highest BCUT2D eigenvalue weighted by molar-refractivity contribution is 5.84. The number of hydrogen-bond donors (Lipinski definition) is 2. The maximum atomic E-state index is 12.2. The van der Waals surface area contributed by atoms with Crippen LogP contribution in [-0.4, -0.2) is 35.2 Å². The molecule has 1 fully saturated rings. The first kappa shape index (κ1) is 16.5. The van der Waals surface area contributed by atoms with Crippen LogP contribution in [0.4, 0.5) is 0 Å². The average Bonchev–Trinajstić information content (AvgIpc) is 2.77. The van der Waals surface area contributed by atoms with Gasteiger partial charge in [0.05, 0.1) is 24.1 Å². The minimum Gasteiger partial charge on any atom is -0.458 e. The molecule has 0 spiro atoms. The van der Waals surface area contributed by atoms with Crippen LogP contribution in [0.3, 0.4) is 0 Å². The van der Waals surface area contributed by atoms with Crippen molar-refractivity contribution in [3.8, 4) is 6.07 Å². The van der Waals surface area contributed by atoms with Crippen LogP contribution < -0.4 is 5.32 Å². The minimum atomic E-state index is -1.14. The number of nitrogens with one attached hydrogen (secondary N) is 1. The van der Waals surface area contributed by atoms with Gasteiger partial charge in [-0.05, 0) is 32.6 Å². The highest BCUT2D eigenvalue weighted by Crippen LogP contribution is 2.38. The second kappa shape index (κ2) is 6.93. The van der Waals surface area contributed by atoms with Crippen molar-refractivity contribution in [1.29, 1.82) is 5.26 Å². The van der Waals surface area contributed by atoms with Crippen LogP contribution in [0.1, 0.15) is 39.0 Å². The normalized spacial score (nSPS) is 35.5. The van der Waals surface area contributed by atoms with Gasteiger partial charge in [-0.25, -0.2) is 0 Å². The Morgan fingerprint density at radius 3 is 3.05 bits per heavy atom. The lowest BCUT2D eigenvalue weighted by molar-refractivity contribution is -0.152. The molecule has 1 amide bonds. The van der Waals surface area contributed by atoms with E-state index in [1.807, 2.05) is 18.2 Å². The highest BCUT2D eigenvalue weighted by Gasteiger charge is 2.56. The summed E-state index contributed by atoms with van der Waals surface area (Å²) in [5.74, 6) is -0.962. The van der Waals surface area contributed by atoms with E-state index < -0.39 is 23.7 Å². The number of nitrogens with zero attached hydrogens (tertiary/aromatic N) is 1. The van der Waals surface area contributed by atoms with E-state index in [-0.39, 0.29) is 18.2 Å². The van der Waals surface area contributed by atoms with Gasteiger partial charge < -0.3 is 15.2 Å². The van der Waals surface area contributed by atoms with Gasteiger partial charge in [-0.3, -0.25) is 9.59 Å². The number of carbonyl (C=O) groups excluding carboxylic acids is 2. The summed E-state index contributed by atoms with van der Waals surface area (Å²) in [6.45, 7) is 1.97. The van der Waals surface area contributed by atoms with Crippen LogP contribution in [-0.2, 0) is 14.3 Å². The number of amides is 1. The largest absolute Gasteiger partial charge is 0.458 e. The summed E-state index contributed by atoms with van der Waals surface area (Å²) in [6, 6.07) is 1.34. The first-order valence-electron chi connectivity index (χ1n) is 7.68. The van der Waals surface area contributed by atoms with Gasteiger partial charge in [-0.1, -0.05) is 12.2 Å². The van der Waals surface area contributed by atoms with Crippen LogP contribution in [0.25, 0.3) is 0 Å². The number of carbonyl (C=O) groups is 2. The second-order valence-corrected chi connectivity index (χ2v) is 6.15. The fraction of sp³-hybridized carbons (Fsp3) is 0.688. The Kier molecular flexibility index (Phi) is 5.19. The molecular weight excluding hydrogens is 284 g/mol. The molecule has 0 unspecified atom stereocenters. The molecule has 0 aromatic carbocycles. The van der Waals surface area contributed by atoms with Crippen molar-refractivity contribution in [2.24, 2.45) is 11.8 Å². The third kappa shape index (κ3) is 3.00. The van der Waals surface area contributed by atoms with E-state index in [4.69, 9.17) is 10.00 Å². The van der Waals surface area contributed by atoms with Crippen molar-refractivity contribution >= 4 is 12.4 Å². The SMILES string of the molecule is C[C@@]1(OC=O)[C@@H]([C@@H](O)[C@@H]2C=CCCC2)NC(=O)[C@@H]1CCC#N. The number of nitriles is 1. The predicted molar refractivity (Wildman–Crippen MR) is 78.3 cm³/mol. The summed E-state index contributed by atoms with van der Waals surface area (Å²) in [5, 5.41) is 22.2. The molecule has 0 aromatic rings. The fourth-order valence-corrected chi connectivity index (χ4v) is 3.55. The van der Waals surface area contributed by atoms with Crippen LogP contribution in [0.5, 0.6) is 0 Å². The summed E-state index contributed by atoms with van der Waals surface area (Å²) in [6.07, 6.45) is 6.48. The lowest BCUT2D eigenvalue weighted by atomic mass is 9.77. The molecule has 120 valence electrons. The molecule has 0 aromatic heterocycles. The van der Waals surface area contributed by atoms with Crippen molar-refractivity contribution in [3.05, 3.63) is 12.2 Å². The van der Waals surface area contributed by atoms with Crippen LogP contribution in [0, 0.1) is 23.2 Å². The van der Waals surface area contributed by atoms with Crippen molar-refractivity contribution < 1.29 is 19.4 Å². The molecule has 2 rings (SSSR count). The lowest BCUT2D eigenvalue weighted by Gasteiger charge is -2.37. The first-order chi connectivity index (χ1) is 10.5. The van der Waals surface area contributed by atoms with Gasteiger partial charge >= 0.3 is 0 Å². The number of ether oxygens (including phenoxy) is 1. The van der Waals surface area contributed by atoms with E-state index in [2.05, 4.69) is 5.32 Å². The van der Waals surface area contributed by atoms with Gasteiger partial charge in [0.2, 0.25) is 5.91 Å². The van der Waals surface area contributed by atoms with Crippen molar-refractivity contribution in [2.45, 2.75) is 56.8 Å². The standard InChI is InChI=1S/C16H22N2O4/c1-16(22-10-19)12(8-5-9-17)15(21)18-14(16)13(20)11-6-3-2-4-7-11/h3,6,10-14,20H,2,4-5,7-8H2,1H3,(H,18,21)/t11-,12+,13+,14-,16+/m1/s1. The van der Waals surface area contributed by atoms with Crippen LogP contribution in [0.2, 0.25) is 0 Å². The first-order valence-corrected chi connectivity index (χ1v) is 7.68. The predicted octanol–water partition coefficient (Wildman–Crippen LogP) is 1.05. The molecule has 1 aliphatic heterocycles. The van der Waals surface area contributed by atoms with Crippen LogP contribution >= 0.6 is 0 Å². The van der Waals surface area contributed by atoms with Crippen molar-refractivity contribution in [2.75, 3.05) is 0 Å². The summed E-state index contributed by atoms with van der Waals surface area (Å²) >= 11 is 0. The van der Waals surface area contributed by atoms with Gasteiger partial charge in [0.1, 0.15) is 5.60 Å². The second-order valence-electron chi connectivity index (χ2n) is 6.15. The quantitative estimate of drug-likeness (QED) is 0.564. The average molecular weight is 306 g/mol. The van der Waals surface area contributed by atoms with E-state index in [1.165, 1.54) is 0 Å². The minimum absolute atomic E-state index is 0.0663. The van der Waals surface area contributed by atoms with E-state index in [0.717, 1.165) is 19.3 Å². The Labute approximate surface area is 130 Å². The van der Waals surface area contributed by atoms with Crippen molar-refractivity contribution in [3.63, 3.8) is 0 Å². The number of aliphatic hydroxyl groups is 1. The molecule has 2 N–H and O–H groups in total. The highest BCUT2D eigenvalue weighted by atomic mass is 16.5. The number of allylic oxidation sites excluding steroid dienone is 1. The maximum Gasteiger partial charge on any atom is 0.293 e. The summed E-state index contributed by atoms with van der Waals surface area (Å²) in [5.41, 5.74) is -1.14. The van der Waals surface area contributed by atoms with Gasteiger partial charge in [-0.2, -0.15) is 5.26 Å². The lowest BCUT2D eigenvalue weighted by Crippen LogP contribution is -2.54. The third-order valence-corrected chi connectivity index (χ3v) is 4.84. The summed E-state index contributed by atoms with van der Waals surface area (Å²) < 4.78 is 5.24. The Bertz CT molecular complexity index is 499. The van der Waals surface area contributed by atoms with Gasteiger partial charge in [0.25, 0.3) is 6.47 Å². The Morgan fingerprint density at radius 2 is 2.45 bits per heavy atom. The molecule has 0 bridgehead atoms. The van der Waals surface area contributed by atoms with Crippen LogP contribution in [0.15, 0.2) is 12.2 Å². The monoisotopic (exact) mass is 306 g/mol. The van der Waals surface area contributed by atoms with E-state index in [9.17, 15) is 14.7 Å². The molecule has 22 heavy (non-hydrogen) atoms. The molecular formula is C16H22N2O4. The van der Waals surface area contributed by atoms with E-state index in [0.29, 0.717) is 12.9 Å². The smallest absolute Gasteiger partial charge is 0.293 e. The van der Waals surface area contributed by atoms with Crippen molar-refractivity contribution in [1.82, 2.24) is 5.32 Å². The topological polar surface area (TPSA) is 99.4 Å². The zero-order valence-corrected chi connectivity index (χ0v) is 12.7. The molecule has 5 atom stereocenters. The number of rotatable bonds is 6. The Hall–Kier alpha value is -1.87. The molecule has 1 saturated heterocycles. The van der Waals surface area contributed by atoms with Gasteiger partial charge in [0.15, 0.2) is 0 Å². The third-order valence-electron chi connectivity index (χ3n) is 4.84. The molecule has 6 nitrogen and oxygen atoms in total. The van der Waals surface area contributed by atoms with Gasteiger partial charge in [-0.15, -0.1) is 0 Å². The molecule has 0 saturated carbocycles. The molecule has 0 radical (unpaired) electrons. The van der Waals surface area contributed by atoms with E-state index in [1.54, 1.807) is 6.92 Å². The number of hydrogen-bond acceptors (Lipinski definition) is 5. The molecule has 2 aliphatic rings. The zero-order chi connectivity index (χ0) is 16.2. The number of aliphatic hydroxyl groups excluding tert-OH is 1.